The highest BCUT2D eigenvalue weighted by molar-refractivity contribution is 5.86. The third-order valence-corrected chi connectivity index (χ3v) is 5.69. The van der Waals surface area contributed by atoms with E-state index in [1.165, 1.54) is 0 Å². The number of aliphatic hydroxyl groups excluding tert-OH is 3. The van der Waals surface area contributed by atoms with Crippen LogP contribution in [0.1, 0.15) is 24.1 Å². The number of aromatic nitrogens is 1. The molecule has 0 fully saturated rings. The summed E-state index contributed by atoms with van der Waals surface area (Å²) >= 11 is 0. The summed E-state index contributed by atoms with van der Waals surface area (Å²) in [5, 5.41) is 37.3. The number of nitrogens with zero attached hydrogens (tertiary/aromatic N) is 1. The first kappa shape index (κ1) is 26.1. The maximum absolute atomic E-state index is 11.2. The van der Waals surface area contributed by atoms with Gasteiger partial charge in [-0.2, -0.15) is 0 Å². The van der Waals surface area contributed by atoms with Gasteiger partial charge in [-0.25, -0.2) is 4.98 Å². The maximum atomic E-state index is 11.2. The molecule has 8 nitrogen and oxygen atoms in total. The Kier molecular flexibility index (Phi) is 8.73. The van der Waals surface area contributed by atoms with Crippen LogP contribution in [0.15, 0.2) is 72.8 Å². The molecule has 0 aliphatic heterocycles. The molecule has 8 heteroatoms. The minimum Gasteiger partial charge on any atom is -0.487 e. The molecule has 1 aromatic heterocycles. The number of benzene rings is 3. The van der Waals surface area contributed by atoms with Gasteiger partial charge in [0.05, 0.1) is 42.5 Å². The molecule has 1 unspecified atom stereocenters. The molecular weight excluding hydrogens is 448 g/mol. The number of carbonyl (C=O) groups is 1. The van der Waals surface area contributed by atoms with Crippen LogP contribution in [0.2, 0.25) is 0 Å². The largest absolute Gasteiger partial charge is 0.487 e. The molecule has 0 amide bonds. The minimum atomic E-state index is -1.21. The molecule has 0 radical (unpaired) electrons. The molecular formula is C27H30N2O6. The Labute approximate surface area is 203 Å². The number of hydrogen-bond donors (Lipinski definition) is 5. The molecule has 35 heavy (non-hydrogen) atoms. The van der Waals surface area contributed by atoms with E-state index in [4.69, 9.17) is 30.9 Å². The second-order valence-corrected chi connectivity index (χ2v) is 8.45. The highest BCUT2D eigenvalue weighted by Crippen LogP contribution is 2.26. The fraction of sp³-hybridized carbons (Fsp3) is 0.259. The fourth-order valence-electron chi connectivity index (χ4n) is 3.24. The summed E-state index contributed by atoms with van der Waals surface area (Å²) in [4.78, 5) is 15.8. The smallest absolute Gasteiger partial charge is 0.310 e. The van der Waals surface area contributed by atoms with Crippen molar-refractivity contribution < 1.29 is 30.0 Å². The van der Waals surface area contributed by atoms with Crippen LogP contribution in [0.3, 0.4) is 0 Å². The van der Waals surface area contributed by atoms with Crippen LogP contribution in [0, 0.1) is 0 Å². The van der Waals surface area contributed by atoms with E-state index in [0.717, 1.165) is 38.7 Å². The van der Waals surface area contributed by atoms with E-state index in [1.54, 1.807) is 6.92 Å². The zero-order valence-electron chi connectivity index (χ0n) is 19.5. The van der Waals surface area contributed by atoms with Crippen molar-refractivity contribution in [2.24, 2.45) is 5.73 Å². The number of para-hydroxylation sites is 1. The lowest BCUT2D eigenvalue weighted by molar-refractivity contribution is -0.138. The highest BCUT2D eigenvalue weighted by Gasteiger charge is 2.20. The van der Waals surface area contributed by atoms with E-state index < -0.39 is 37.2 Å². The summed E-state index contributed by atoms with van der Waals surface area (Å²) in [5.41, 5.74) is 6.56. The van der Waals surface area contributed by atoms with Crippen LogP contribution in [-0.4, -0.2) is 56.7 Å². The molecule has 6 N–H and O–H groups in total. The van der Waals surface area contributed by atoms with Gasteiger partial charge in [0.15, 0.2) is 0 Å². The number of pyridine rings is 1. The van der Waals surface area contributed by atoms with Gasteiger partial charge < -0.3 is 30.9 Å². The summed E-state index contributed by atoms with van der Waals surface area (Å²) in [5.74, 6) is -0.585. The first-order valence-electron chi connectivity index (χ1n) is 11.1. The molecule has 0 spiro atoms. The van der Waals surface area contributed by atoms with Crippen molar-refractivity contribution in [2.45, 2.75) is 25.0 Å². The van der Waals surface area contributed by atoms with Crippen molar-refractivity contribution in [3.8, 4) is 5.75 Å². The number of ether oxygens (including phenoxy) is 1. The van der Waals surface area contributed by atoms with Crippen molar-refractivity contribution in [3.05, 3.63) is 84.1 Å². The third kappa shape index (κ3) is 6.74. The molecule has 0 bridgehead atoms. The number of aliphatic hydroxyl groups is 3. The van der Waals surface area contributed by atoms with E-state index >= 15 is 0 Å². The van der Waals surface area contributed by atoms with Crippen molar-refractivity contribution in [3.63, 3.8) is 0 Å². The molecule has 0 saturated carbocycles. The second-order valence-electron chi connectivity index (χ2n) is 8.45. The number of fused-ring (bicyclic) bond motifs is 2. The third-order valence-electron chi connectivity index (χ3n) is 5.69. The molecule has 184 valence electrons. The molecule has 4 rings (SSSR count). The predicted octanol–water partition coefficient (Wildman–Crippen LogP) is 2.82. The monoisotopic (exact) mass is 478 g/mol. The van der Waals surface area contributed by atoms with Crippen molar-refractivity contribution in [2.75, 3.05) is 19.8 Å². The van der Waals surface area contributed by atoms with Gasteiger partial charge in [-0.3, -0.25) is 4.79 Å². The molecule has 0 saturated heterocycles. The van der Waals surface area contributed by atoms with Gasteiger partial charge in [0.1, 0.15) is 12.4 Å². The topological polar surface area (TPSA) is 146 Å². The normalized spacial score (nSPS) is 12.1. The Balaban J connectivity index is 0.000000371. The Bertz CT molecular complexity index is 1280. The van der Waals surface area contributed by atoms with Crippen molar-refractivity contribution in [1.82, 2.24) is 4.98 Å². The average molecular weight is 479 g/mol. The lowest BCUT2D eigenvalue weighted by atomic mass is 9.98. The summed E-state index contributed by atoms with van der Waals surface area (Å²) in [6.45, 7) is 0.877. The number of nitrogens with two attached hydrogens (primary N) is 1. The van der Waals surface area contributed by atoms with Crippen LogP contribution in [0.25, 0.3) is 21.7 Å². The highest BCUT2D eigenvalue weighted by atomic mass is 16.5. The Morgan fingerprint density at radius 1 is 0.914 bits per heavy atom. The molecule has 1 heterocycles. The van der Waals surface area contributed by atoms with Crippen molar-refractivity contribution >= 4 is 27.6 Å². The van der Waals surface area contributed by atoms with E-state index in [2.05, 4.69) is 4.98 Å². The summed E-state index contributed by atoms with van der Waals surface area (Å²) in [6.07, 6.45) is 0. The zero-order chi connectivity index (χ0) is 25.4. The van der Waals surface area contributed by atoms with Crippen LogP contribution in [0.5, 0.6) is 5.75 Å². The van der Waals surface area contributed by atoms with Crippen LogP contribution in [0.4, 0.5) is 0 Å². The van der Waals surface area contributed by atoms with E-state index in [0.29, 0.717) is 6.61 Å². The molecule has 3 aromatic carbocycles. The average Bonchev–Trinajstić information content (AvgIpc) is 2.90. The van der Waals surface area contributed by atoms with E-state index in [9.17, 15) is 4.79 Å². The maximum Gasteiger partial charge on any atom is 0.310 e. The van der Waals surface area contributed by atoms with Crippen LogP contribution >= 0.6 is 0 Å². The lowest BCUT2D eigenvalue weighted by Crippen LogP contribution is -2.50. The van der Waals surface area contributed by atoms with E-state index in [-0.39, 0.29) is 0 Å². The Morgan fingerprint density at radius 2 is 1.54 bits per heavy atom. The van der Waals surface area contributed by atoms with Gasteiger partial charge in [-0.15, -0.1) is 0 Å². The second kappa shape index (κ2) is 11.7. The van der Waals surface area contributed by atoms with E-state index in [1.807, 2.05) is 72.8 Å². The van der Waals surface area contributed by atoms with Gasteiger partial charge in [-0.05, 0) is 47.5 Å². The first-order valence-corrected chi connectivity index (χ1v) is 11.1. The summed E-state index contributed by atoms with van der Waals surface area (Å²) in [6, 6.07) is 23.6. The first-order chi connectivity index (χ1) is 16.8. The van der Waals surface area contributed by atoms with Gasteiger partial charge >= 0.3 is 5.97 Å². The van der Waals surface area contributed by atoms with Gasteiger partial charge in [0, 0.05) is 5.39 Å². The Hall–Kier alpha value is -3.56. The van der Waals surface area contributed by atoms with Gasteiger partial charge in [0.25, 0.3) is 0 Å². The molecule has 1 atom stereocenters. The molecule has 0 aliphatic carbocycles. The standard InChI is InChI=1S/C23H19NO3.C4H11NO3/c1-15(23(25)26)17-6-7-19-13-21(11-9-18(19)12-17)27-14-20-10-8-16-4-2-3-5-22(16)24-20;5-4(1-6,2-7)3-8/h2-13,15H,14H2,1H3,(H,25,26);6-8H,1-3,5H2. The van der Waals surface area contributed by atoms with Crippen LogP contribution < -0.4 is 10.5 Å². The minimum absolute atomic E-state index is 0.393. The predicted molar refractivity (Wildman–Crippen MR) is 134 cm³/mol. The zero-order valence-corrected chi connectivity index (χ0v) is 19.5. The summed E-state index contributed by atoms with van der Waals surface area (Å²) < 4.78 is 5.91. The number of aliphatic carboxylic acids is 1. The summed E-state index contributed by atoms with van der Waals surface area (Å²) in [7, 11) is 0. The quantitative estimate of drug-likeness (QED) is 0.260. The van der Waals surface area contributed by atoms with Crippen molar-refractivity contribution in [1.29, 1.82) is 0 Å². The lowest BCUT2D eigenvalue weighted by Gasteiger charge is -2.20. The fourth-order valence-corrected chi connectivity index (χ4v) is 3.24. The molecule has 4 aromatic rings. The molecule has 0 aliphatic rings. The number of rotatable bonds is 8. The number of hydrogen-bond acceptors (Lipinski definition) is 7. The SMILES string of the molecule is CC(C(=O)O)c1ccc2cc(OCc3ccc4ccccc4n3)ccc2c1.NC(CO)(CO)CO. The van der Waals surface area contributed by atoms with Crippen LogP contribution in [-0.2, 0) is 11.4 Å². The number of carboxylic acids is 1. The van der Waals surface area contributed by atoms with Gasteiger partial charge in [0.2, 0.25) is 0 Å². The number of carboxylic acid groups (broad SMARTS) is 1. The Morgan fingerprint density at radius 3 is 2.20 bits per heavy atom. The van der Waals surface area contributed by atoms with Gasteiger partial charge in [-0.1, -0.05) is 48.5 Å².